The van der Waals surface area contributed by atoms with E-state index in [1.165, 1.54) is 37.0 Å². The van der Waals surface area contributed by atoms with E-state index in [-0.39, 0.29) is 17.4 Å². The van der Waals surface area contributed by atoms with Crippen LogP contribution in [0.25, 0.3) is 0 Å². The van der Waals surface area contributed by atoms with Crippen LogP contribution >= 0.6 is 0 Å². The van der Waals surface area contributed by atoms with Gasteiger partial charge in [0.25, 0.3) is 5.56 Å². The summed E-state index contributed by atoms with van der Waals surface area (Å²) in [5, 5.41) is 7.38. The molecule has 2 aliphatic heterocycles. The molecule has 3 heterocycles. The molecule has 1 N–H and O–H groups in total. The highest BCUT2D eigenvalue weighted by molar-refractivity contribution is 5.79. The van der Waals surface area contributed by atoms with Crippen LogP contribution in [0.1, 0.15) is 45.4 Å². The molecule has 0 bridgehead atoms. The van der Waals surface area contributed by atoms with E-state index in [0.29, 0.717) is 6.54 Å². The molecular formula is C20H33N5O2. The average molecular weight is 376 g/mol. The summed E-state index contributed by atoms with van der Waals surface area (Å²) < 4.78 is 1.51. The lowest BCUT2D eigenvalue weighted by molar-refractivity contribution is -0.125. The third-order valence-electron chi connectivity index (χ3n) is 5.70. The van der Waals surface area contributed by atoms with Crippen molar-refractivity contribution in [2.75, 3.05) is 44.2 Å². The summed E-state index contributed by atoms with van der Waals surface area (Å²) in [4.78, 5) is 29.2. The zero-order valence-corrected chi connectivity index (χ0v) is 16.5. The van der Waals surface area contributed by atoms with E-state index in [4.69, 9.17) is 0 Å². The number of hydrogen-bond donors (Lipinski definition) is 1. The van der Waals surface area contributed by atoms with Crippen molar-refractivity contribution in [1.82, 2.24) is 20.0 Å². The maximum Gasteiger partial charge on any atom is 0.268 e. The molecular weight excluding hydrogens is 342 g/mol. The highest BCUT2D eigenvalue weighted by Crippen LogP contribution is 2.22. The average Bonchev–Trinajstić information content (AvgIpc) is 2.70. The van der Waals surface area contributed by atoms with Crippen LogP contribution in [0.3, 0.4) is 0 Å². The number of carbonyl (C=O) groups excluding carboxylic acids is 1. The van der Waals surface area contributed by atoms with Gasteiger partial charge in [-0.05, 0) is 45.2 Å². The molecule has 7 nitrogen and oxygen atoms in total. The van der Waals surface area contributed by atoms with E-state index in [2.05, 4.69) is 20.2 Å². The normalized spacial score (nSPS) is 19.2. The Hall–Kier alpha value is -1.89. The Bertz CT molecular complexity index is 661. The molecule has 1 aromatic rings. The first-order chi connectivity index (χ1) is 13.2. The molecule has 7 heteroatoms. The van der Waals surface area contributed by atoms with Gasteiger partial charge in [0.2, 0.25) is 5.91 Å². The Balaban J connectivity index is 1.42. The number of aryl methyl sites for hydroxylation is 1. The minimum absolute atomic E-state index is 0.0491. The van der Waals surface area contributed by atoms with Gasteiger partial charge < -0.3 is 15.1 Å². The van der Waals surface area contributed by atoms with Crippen molar-refractivity contribution in [2.24, 2.45) is 5.92 Å². The second-order valence-corrected chi connectivity index (χ2v) is 7.73. The predicted molar refractivity (Wildman–Crippen MR) is 107 cm³/mol. The maximum absolute atomic E-state index is 12.4. The second-order valence-electron chi connectivity index (χ2n) is 7.73. The molecule has 0 aliphatic carbocycles. The maximum atomic E-state index is 12.4. The van der Waals surface area contributed by atoms with E-state index in [9.17, 15) is 9.59 Å². The summed E-state index contributed by atoms with van der Waals surface area (Å²) >= 11 is 0. The van der Waals surface area contributed by atoms with Crippen LogP contribution in [0.2, 0.25) is 0 Å². The zero-order chi connectivity index (χ0) is 19.1. The van der Waals surface area contributed by atoms with Gasteiger partial charge in [0.1, 0.15) is 0 Å². The van der Waals surface area contributed by atoms with Crippen LogP contribution in [0.15, 0.2) is 17.1 Å². The standard InChI is InChI=1S/C20H33N5O2/c1-2-9-25-19(26)15-18(16-22-25)24-12-6-17(7-13-24)20(27)21-8-14-23-10-4-3-5-11-23/h15-17H,2-14H2,1H3,(H,21,27). The third kappa shape index (κ3) is 5.54. The number of carbonyl (C=O) groups is 1. The third-order valence-corrected chi connectivity index (χ3v) is 5.70. The highest BCUT2D eigenvalue weighted by Gasteiger charge is 2.25. The number of likely N-dealkylation sites (tertiary alicyclic amines) is 1. The van der Waals surface area contributed by atoms with E-state index < -0.39 is 0 Å². The summed E-state index contributed by atoms with van der Waals surface area (Å²) in [6.07, 6.45) is 8.22. The minimum atomic E-state index is -0.0491. The Morgan fingerprint density at radius 2 is 1.89 bits per heavy atom. The smallest absolute Gasteiger partial charge is 0.268 e. The Morgan fingerprint density at radius 1 is 1.15 bits per heavy atom. The molecule has 1 aromatic heterocycles. The monoisotopic (exact) mass is 375 g/mol. The number of rotatable bonds is 7. The molecule has 0 atom stereocenters. The Kier molecular flexibility index (Phi) is 7.26. The van der Waals surface area contributed by atoms with Crippen LogP contribution in [-0.2, 0) is 11.3 Å². The second kappa shape index (κ2) is 9.88. The van der Waals surface area contributed by atoms with Crippen LogP contribution in [0.4, 0.5) is 5.69 Å². The van der Waals surface area contributed by atoms with Crippen molar-refractivity contribution in [3.8, 4) is 0 Å². The predicted octanol–water partition coefficient (Wildman–Crippen LogP) is 1.47. The van der Waals surface area contributed by atoms with E-state index in [0.717, 1.165) is 51.1 Å². The SMILES string of the molecule is CCCn1ncc(N2CCC(C(=O)NCCN3CCCCC3)CC2)cc1=O. The van der Waals surface area contributed by atoms with Gasteiger partial charge in [0.15, 0.2) is 0 Å². The molecule has 1 amide bonds. The first kappa shape index (κ1) is 19.9. The van der Waals surface area contributed by atoms with Gasteiger partial charge in [-0.2, -0.15) is 5.10 Å². The van der Waals surface area contributed by atoms with Gasteiger partial charge in [-0.3, -0.25) is 9.59 Å². The van der Waals surface area contributed by atoms with Gasteiger partial charge in [0.05, 0.1) is 11.9 Å². The molecule has 3 rings (SSSR count). The molecule has 0 unspecified atom stereocenters. The highest BCUT2D eigenvalue weighted by atomic mass is 16.2. The fourth-order valence-electron chi connectivity index (χ4n) is 4.04. The number of aromatic nitrogens is 2. The quantitative estimate of drug-likeness (QED) is 0.782. The van der Waals surface area contributed by atoms with Crippen molar-refractivity contribution in [1.29, 1.82) is 0 Å². The molecule has 2 aliphatic rings. The number of nitrogens with one attached hydrogen (secondary N) is 1. The summed E-state index contributed by atoms with van der Waals surface area (Å²) in [6, 6.07) is 1.67. The van der Waals surface area contributed by atoms with Crippen LogP contribution < -0.4 is 15.8 Å². The fourth-order valence-corrected chi connectivity index (χ4v) is 4.04. The number of hydrogen-bond acceptors (Lipinski definition) is 5. The summed E-state index contributed by atoms with van der Waals surface area (Å²) in [7, 11) is 0. The number of nitrogens with zero attached hydrogens (tertiary/aromatic N) is 4. The van der Waals surface area contributed by atoms with Gasteiger partial charge in [-0.1, -0.05) is 13.3 Å². The molecule has 27 heavy (non-hydrogen) atoms. The van der Waals surface area contributed by atoms with Crippen molar-refractivity contribution < 1.29 is 4.79 Å². The summed E-state index contributed by atoms with van der Waals surface area (Å²) in [5.74, 6) is 0.263. The lowest BCUT2D eigenvalue weighted by Crippen LogP contribution is -2.43. The lowest BCUT2D eigenvalue weighted by Gasteiger charge is -2.33. The molecule has 2 fully saturated rings. The molecule has 0 aromatic carbocycles. The van der Waals surface area contributed by atoms with E-state index in [1.54, 1.807) is 12.3 Å². The lowest BCUT2D eigenvalue weighted by atomic mass is 9.95. The number of anilines is 1. The Morgan fingerprint density at radius 3 is 2.56 bits per heavy atom. The van der Waals surface area contributed by atoms with Crippen LogP contribution in [0, 0.1) is 5.92 Å². The summed E-state index contributed by atoms with van der Waals surface area (Å²) in [6.45, 7) is 8.32. The first-order valence-electron chi connectivity index (χ1n) is 10.5. The van der Waals surface area contributed by atoms with Gasteiger partial charge in [-0.15, -0.1) is 0 Å². The molecule has 0 spiro atoms. The Labute approximate surface area is 161 Å². The van der Waals surface area contributed by atoms with E-state index >= 15 is 0 Å². The number of amides is 1. The minimum Gasteiger partial charge on any atom is -0.370 e. The zero-order valence-electron chi connectivity index (χ0n) is 16.5. The van der Waals surface area contributed by atoms with Gasteiger partial charge >= 0.3 is 0 Å². The molecule has 0 saturated carbocycles. The van der Waals surface area contributed by atoms with Gasteiger partial charge in [-0.25, -0.2) is 4.68 Å². The first-order valence-corrected chi connectivity index (χ1v) is 10.5. The van der Waals surface area contributed by atoms with Crippen LogP contribution in [-0.4, -0.2) is 59.9 Å². The van der Waals surface area contributed by atoms with Crippen molar-refractivity contribution in [3.63, 3.8) is 0 Å². The van der Waals surface area contributed by atoms with Crippen molar-refractivity contribution >= 4 is 11.6 Å². The van der Waals surface area contributed by atoms with E-state index in [1.807, 2.05) is 6.92 Å². The topological polar surface area (TPSA) is 70.5 Å². The number of piperidine rings is 2. The van der Waals surface area contributed by atoms with Gasteiger partial charge in [0, 0.05) is 44.7 Å². The molecule has 0 radical (unpaired) electrons. The van der Waals surface area contributed by atoms with Crippen molar-refractivity contribution in [3.05, 3.63) is 22.6 Å². The van der Waals surface area contributed by atoms with Crippen LogP contribution in [0.5, 0.6) is 0 Å². The largest absolute Gasteiger partial charge is 0.370 e. The summed E-state index contributed by atoms with van der Waals surface area (Å²) in [5.41, 5.74) is 0.822. The van der Waals surface area contributed by atoms with Crippen molar-refractivity contribution in [2.45, 2.75) is 52.0 Å². The molecule has 150 valence electrons. The molecule has 2 saturated heterocycles. The fraction of sp³-hybridized carbons (Fsp3) is 0.750.